The molecule has 1 amide bonds. The van der Waals surface area contributed by atoms with Gasteiger partial charge in [0, 0.05) is 12.8 Å². The van der Waals surface area contributed by atoms with Crippen LogP contribution in [-0.4, -0.2) is 35.9 Å². The van der Waals surface area contributed by atoms with Crippen LogP contribution in [0.5, 0.6) is 5.75 Å². The van der Waals surface area contributed by atoms with Gasteiger partial charge in [-0.2, -0.15) is 5.10 Å². The van der Waals surface area contributed by atoms with Crippen molar-refractivity contribution in [3.8, 4) is 5.75 Å². The molecule has 0 aromatic heterocycles. The molecule has 2 aliphatic rings. The highest BCUT2D eigenvalue weighted by atomic mass is 16.5. The Morgan fingerprint density at radius 2 is 2.05 bits per heavy atom. The summed E-state index contributed by atoms with van der Waals surface area (Å²) in [5.41, 5.74) is 1.86. The molecule has 118 valence electrons. The van der Waals surface area contributed by atoms with Crippen LogP contribution in [0.3, 0.4) is 0 Å². The molecule has 3 rings (SSSR count). The van der Waals surface area contributed by atoms with Gasteiger partial charge in [0.25, 0.3) is 0 Å². The van der Waals surface area contributed by atoms with E-state index in [1.165, 1.54) is 0 Å². The number of carbonyl (C=O) groups is 1. The van der Waals surface area contributed by atoms with Gasteiger partial charge in [-0.05, 0) is 38.0 Å². The van der Waals surface area contributed by atoms with E-state index in [4.69, 9.17) is 9.47 Å². The summed E-state index contributed by atoms with van der Waals surface area (Å²) in [7, 11) is 1.65. The molecule has 0 N–H and O–H groups in total. The van der Waals surface area contributed by atoms with Gasteiger partial charge >= 0.3 is 0 Å². The van der Waals surface area contributed by atoms with Crippen LogP contribution < -0.4 is 4.74 Å². The molecule has 0 radical (unpaired) electrons. The third-order valence-corrected chi connectivity index (χ3v) is 4.41. The van der Waals surface area contributed by atoms with Crippen molar-refractivity contribution in [3.63, 3.8) is 0 Å². The molecule has 1 aromatic rings. The Morgan fingerprint density at radius 1 is 1.36 bits per heavy atom. The van der Waals surface area contributed by atoms with Gasteiger partial charge in [0.05, 0.1) is 31.1 Å². The fraction of sp³-hybridized carbons (Fsp3) is 0.529. The van der Waals surface area contributed by atoms with E-state index < -0.39 is 0 Å². The minimum absolute atomic E-state index is 0.0412. The summed E-state index contributed by atoms with van der Waals surface area (Å²) in [6, 6.07) is 7.83. The topological polar surface area (TPSA) is 51.1 Å². The molecule has 2 atom stereocenters. The zero-order valence-electron chi connectivity index (χ0n) is 13.5. The first-order chi connectivity index (χ1) is 10.4. The Balaban J connectivity index is 1.96. The van der Waals surface area contributed by atoms with E-state index in [1.54, 1.807) is 19.0 Å². The first-order valence-electron chi connectivity index (χ1n) is 7.56. The quantitative estimate of drug-likeness (QED) is 0.844. The number of hydrazone groups is 1. The number of benzene rings is 1. The summed E-state index contributed by atoms with van der Waals surface area (Å²) in [5.74, 6) is 0.978. The second kappa shape index (κ2) is 5.39. The van der Waals surface area contributed by atoms with Crippen molar-refractivity contribution < 1.29 is 14.3 Å². The largest absolute Gasteiger partial charge is 0.497 e. The highest BCUT2D eigenvalue weighted by Gasteiger charge is 2.46. The lowest BCUT2D eigenvalue weighted by atomic mass is 9.80. The van der Waals surface area contributed by atoms with Crippen LogP contribution in [0.4, 0.5) is 0 Å². The van der Waals surface area contributed by atoms with E-state index in [1.807, 2.05) is 24.3 Å². The van der Waals surface area contributed by atoms with Crippen LogP contribution in [-0.2, 0) is 9.53 Å². The predicted molar refractivity (Wildman–Crippen MR) is 83.8 cm³/mol. The lowest BCUT2D eigenvalue weighted by Gasteiger charge is -2.37. The number of hydrogen-bond acceptors (Lipinski definition) is 4. The highest BCUT2D eigenvalue weighted by Crippen LogP contribution is 2.43. The Bertz CT molecular complexity index is 607. The Hall–Kier alpha value is -1.88. The minimum Gasteiger partial charge on any atom is -0.497 e. The number of amides is 1. The van der Waals surface area contributed by atoms with Crippen molar-refractivity contribution in [1.29, 1.82) is 0 Å². The molecule has 0 aliphatic carbocycles. The highest BCUT2D eigenvalue weighted by molar-refractivity contribution is 5.93. The van der Waals surface area contributed by atoms with Gasteiger partial charge in [0.15, 0.2) is 0 Å². The van der Waals surface area contributed by atoms with Crippen LogP contribution >= 0.6 is 0 Å². The van der Waals surface area contributed by atoms with Crippen molar-refractivity contribution in [2.24, 2.45) is 11.0 Å². The van der Waals surface area contributed by atoms with E-state index in [9.17, 15) is 4.79 Å². The molecule has 2 heterocycles. The molecule has 0 saturated carbocycles. The van der Waals surface area contributed by atoms with E-state index in [-0.39, 0.29) is 23.5 Å². The van der Waals surface area contributed by atoms with Crippen LogP contribution in [0.1, 0.15) is 38.8 Å². The number of nitrogens with zero attached hydrogens (tertiary/aromatic N) is 2. The summed E-state index contributed by atoms with van der Waals surface area (Å²) in [5, 5.41) is 6.12. The minimum atomic E-state index is -0.193. The lowest BCUT2D eigenvalue weighted by molar-refractivity contribution is -0.131. The third-order valence-electron chi connectivity index (χ3n) is 4.41. The lowest BCUT2D eigenvalue weighted by Crippen LogP contribution is -2.41. The number of fused-ring (bicyclic) bond motifs is 1. The standard InChI is InChI=1S/C17H22N2O3/c1-11(20)19-16(12-5-7-13(21-4)8-6-12)14-9-17(2,3)22-10-15(14)18-19/h5-8,14,16H,9-10H2,1-4H3/t14-,16-/m0/s1. The molecule has 5 nitrogen and oxygen atoms in total. The molecular formula is C17H22N2O3. The fourth-order valence-electron chi connectivity index (χ4n) is 3.29. The van der Waals surface area contributed by atoms with Gasteiger partial charge in [-0.3, -0.25) is 4.79 Å². The van der Waals surface area contributed by atoms with Crippen molar-refractivity contribution in [2.75, 3.05) is 13.7 Å². The van der Waals surface area contributed by atoms with E-state index in [0.29, 0.717) is 6.61 Å². The third kappa shape index (κ3) is 2.61. The van der Waals surface area contributed by atoms with Gasteiger partial charge in [-0.1, -0.05) is 12.1 Å². The van der Waals surface area contributed by atoms with Gasteiger partial charge < -0.3 is 9.47 Å². The Kier molecular flexibility index (Phi) is 3.68. The molecule has 1 fully saturated rings. The smallest absolute Gasteiger partial charge is 0.240 e. The number of carbonyl (C=O) groups excluding carboxylic acids is 1. The second-order valence-corrected chi connectivity index (χ2v) is 6.53. The van der Waals surface area contributed by atoms with E-state index in [2.05, 4.69) is 18.9 Å². The Morgan fingerprint density at radius 3 is 2.64 bits per heavy atom. The molecule has 0 unspecified atom stereocenters. The monoisotopic (exact) mass is 302 g/mol. The average molecular weight is 302 g/mol. The van der Waals surface area contributed by atoms with Gasteiger partial charge in [0.2, 0.25) is 5.91 Å². The summed E-state index contributed by atoms with van der Waals surface area (Å²) in [4.78, 5) is 12.0. The molecule has 0 bridgehead atoms. The maximum Gasteiger partial charge on any atom is 0.240 e. The SMILES string of the molecule is COc1ccc([C@H]2[C@H]3CC(C)(C)OCC3=NN2C(C)=O)cc1. The maximum atomic E-state index is 12.0. The van der Waals surface area contributed by atoms with Crippen LogP contribution in [0.2, 0.25) is 0 Å². The van der Waals surface area contributed by atoms with E-state index >= 15 is 0 Å². The molecule has 0 spiro atoms. The van der Waals surface area contributed by atoms with Crippen molar-refractivity contribution >= 4 is 11.6 Å². The second-order valence-electron chi connectivity index (χ2n) is 6.53. The number of rotatable bonds is 2. The van der Waals surface area contributed by atoms with Crippen LogP contribution in [0.25, 0.3) is 0 Å². The summed E-state index contributed by atoms with van der Waals surface area (Å²) in [6.45, 7) is 6.23. The van der Waals surface area contributed by atoms with Gasteiger partial charge in [-0.25, -0.2) is 5.01 Å². The first-order valence-corrected chi connectivity index (χ1v) is 7.56. The van der Waals surface area contributed by atoms with Gasteiger partial charge in [-0.15, -0.1) is 0 Å². The zero-order chi connectivity index (χ0) is 15.9. The summed E-state index contributed by atoms with van der Waals surface area (Å²) >= 11 is 0. The normalized spacial score (nSPS) is 26.4. The van der Waals surface area contributed by atoms with Crippen molar-refractivity contribution in [1.82, 2.24) is 5.01 Å². The molecule has 5 heteroatoms. The maximum absolute atomic E-state index is 12.0. The summed E-state index contributed by atoms with van der Waals surface area (Å²) in [6.07, 6.45) is 0.853. The molecule has 1 aromatic carbocycles. The molecule has 22 heavy (non-hydrogen) atoms. The van der Waals surface area contributed by atoms with Crippen LogP contribution in [0, 0.1) is 5.92 Å². The molecular weight excluding hydrogens is 280 g/mol. The van der Waals surface area contributed by atoms with Crippen LogP contribution in [0.15, 0.2) is 29.4 Å². The van der Waals surface area contributed by atoms with Crippen molar-refractivity contribution in [3.05, 3.63) is 29.8 Å². The van der Waals surface area contributed by atoms with Gasteiger partial charge in [0.1, 0.15) is 5.75 Å². The average Bonchev–Trinajstić information content (AvgIpc) is 2.85. The predicted octanol–water partition coefficient (Wildman–Crippen LogP) is 2.77. The Labute approximate surface area is 130 Å². The fourth-order valence-corrected chi connectivity index (χ4v) is 3.29. The number of methoxy groups -OCH3 is 1. The molecule has 1 saturated heterocycles. The van der Waals surface area contributed by atoms with E-state index in [0.717, 1.165) is 23.4 Å². The summed E-state index contributed by atoms with van der Waals surface area (Å²) < 4.78 is 11.1. The zero-order valence-corrected chi connectivity index (χ0v) is 13.5. The molecule has 2 aliphatic heterocycles. The number of ether oxygens (including phenoxy) is 2. The van der Waals surface area contributed by atoms with Crippen molar-refractivity contribution in [2.45, 2.75) is 38.8 Å². The first kappa shape index (κ1) is 15.0. The number of hydrogen-bond donors (Lipinski definition) is 0.